The van der Waals surface area contributed by atoms with E-state index in [1.54, 1.807) is 0 Å². The highest BCUT2D eigenvalue weighted by atomic mass is 32.2. The summed E-state index contributed by atoms with van der Waals surface area (Å²) in [5.74, 6) is -1.51. The minimum absolute atomic E-state index is 0.0429. The van der Waals surface area contributed by atoms with Gasteiger partial charge in [-0.1, -0.05) is 6.42 Å². The van der Waals surface area contributed by atoms with Crippen molar-refractivity contribution in [2.75, 3.05) is 18.8 Å². The molecule has 0 saturated carbocycles. The molecule has 0 aliphatic carbocycles. The lowest BCUT2D eigenvalue weighted by atomic mass is 10.2. The standard InChI is InChI=1S/C13H18N2O5S/c16-12-11(13(17)18)5-4-6-14(12)9-10-21(19,20)15-7-2-1-3-8-15/h4-6H,1-3,7-10H2,(H,17,18). The molecule has 2 rings (SSSR count). The third-order valence-electron chi connectivity index (χ3n) is 3.55. The predicted molar refractivity (Wildman–Crippen MR) is 76.9 cm³/mol. The number of hydrogen-bond acceptors (Lipinski definition) is 4. The lowest BCUT2D eigenvalue weighted by molar-refractivity contribution is 0.0694. The second-order valence-electron chi connectivity index (χ2n) is 5.00. The van der Waals surface area contributed by atoms with Crippen LogP contribution < -0.4 is 5.56 Å². The Balaban J connectivity index is 2.11. The summed E-state index contributed by atoms with van der Waals surface area (Å²) in [6.45, 7) is 0.998. The van der Waals surface area contributed by atoms with Gasteiger partial charge in [-0.2, -0.15) is 0 Å². The molecular formula is C13H18N2O5S. The number of nitrogens with zero attached hydrogens (tertiary/aromatic N) is 2. The van der Waals surface area contributed by atoms with Gasteiger partial charge >= 0.3 is 5.97 Å². The number of carboxylic acid groups (broad SMARTS) is 1. The summed E-state index contributed by atoms with van der Waals surface area (Å²) >= 11 is 0. The van der Waals surface area contributed by atoms with Crippen molar-refractivity contribution in [3.05, 3.63) is 34.2 Å². The zero-order valence-electron chi connectivity index (χ0n) is 11.6. The van der Waals surface area contributed by atoms with Crippen molar-refractivity contribution >= 4 is 16.0 Å². The van der Waals surface area contributed by atoms with Gasteiger partial charge in [0.05, 0.1) is 5.75 Å². The Labute approximate surface area is 122 Å². The van der Waals surface area contributed by atoms with Gasteiger partial charge in [0.15, 0.2) is 0 Å². The number of piperidine rings is 1. The normalized spacial score (nSPS) is 16.8. The van der Waals surface area contributed by atoms with E-state index in [4.69, 9.17) is 5.11 Å². The molecule has 1 aromatic rings. The Kier molecular flexibility index (Phi) is 4.79. The maximum Gasteiger partial charge on any atom is 0.341 e. The van der Waals surface area contributed by atoms with Crippen LogP contribution in [0.25, 0.3) is 0 Å². The van der Waals surface area contributed by atoms with Crippen LogP contribution in [0.4, 0.5) is 0 Å². The molecule has 116 valence electrons. The molecule has 1 fully saturated rings. The van der Waals surface area contributed by atoms with Gasteiger partial charge in [0.2, 0.25) is 10.0 Å². The Morgan fingerprint density at radius 1 is 1.24 bits per heavy atom. The molecule has 1 aliphatic heterocycles. The molecule has 1 aliphatic rings. The second kappa shape index (κ2) is 6.40. The fourth-order valence-electron chi connectivity index (χ4n) is 2.36. The molecule has 8 heteroatoms. The number of carboxylic acids is 1. The lowest BCUT2D eigenvalue weighted by Gasteiger charge is -2.25. The van der Waals surface area contributed by atoms with E-state index in [-0.39, 0.29) is 17.9 Å². The molecule has 0 spiro atoms. The van der Waals surface area contributed by atoms with Gasteiger partial charge in [0.25, 0.3) is 5.56 Å². The van der Waals surface area contributed by atoms with E-state index in [2.05, 4.69) is 0 Å². The quantitative estimate of drug-likeness (QED) is 0.846. The Morgan fingerprint density at radius 2 is 1.90 bits per heavy atom. The number of aromatic carboxylic acids is 1. The minimum Gasteiger partial charge on any atom is -0.477 e. The molecule has 0 unspecified atom stereocenters. The zero-order valence-corrected chi connectivity index (χ0v) is 12.4. The van der Waals surface area contributed by atoms with Gasteiger partial charge in [-0.05, 0) is 25.0 Å². The van der Waals surface area contributed by atoms with E-state index in [1.165, 1.54) is 22.6 Å². The van der Waals surface area contributed by atoms with Crippen LogP contribution >= 0.6 is 0 Å². The molecule has 2 heterocycles. The fourth-order valence-corrected chi connectivity index (χ4v) is 3.86. The van der Waals surface area contributed by atoms with Crippen molar-refractivity contribution in [3.8, 4) is 0 Å². The first-order chi connectivity index (χ1) is 9.92. The monoisotopic (exact) mass is 314 g/mol. The van der Waals surface area contributed by atoms with Crippen LogP contribution in [0, 0.1) is 0 Å². The van der Waals surface area contributed by atoms with E-state index in [0.717, 1.165) is 23.8 Å². The minimum atomic E-state index is -3.41. The Hall–Kier alpha value is -1.67. The maximum absolute atomic E-state index is 12.2. The first-order valence-corrected chi connectivity index (χ1v) is 8.43. The SMILES string of the molecule is O=C(O)c1cccn(CCS(=O)(=O)N2CCCCC2)c1=O. The van der Waals surface area contributed by atoms with Crippen LogP contribution in [0.5, 0.6) is 0 Å². The number of pyridine rings is 1. The molecule has 0 radical (unpaired) electrons. The smallest absolute Gasteiger partial charge is 0.341 e. The molecule has 0 aromatic carbocycles. The fraction of sp³-hybridized carbons (Fsp3) is 0.538. The summed E-state index contributed by atoms with van der Waals surface area (Å²) in [7, 11) is -3.41. The summed E-state index contributed by atoms with van der Waals surface area (Å²) in [4.78, 5) is 22.8. The second-order valence-corrected chi connectivity index (χ2v) is 7.09. The summed E-state index contributed by atoms with van der Waals surface area (Å²) in [6.07, 6.45) is 4.15. The van der Waals surface area contributed by atoms with Crippen molar-refractivity contribution in [3.63, 3.8) is 0 Å². The first kappa shape index (κ1) is 15.7. The van der Waals surface area contributed by atoms with Crippen LogP contribution in [0.2, 0.25) is 0 Å². The Bertz CT molecular complexity index is 674. The average molecular weight is 314 g/mol. The molecule has 1 N–H and O–H groups in total. The first-order valence-electron chi connectivity index (χ1n) is 6.82. The highest BCUT2D eigenvalue weighted by molar-refractivity contribution is 7.89. The van der Waals surface area contributed by atoms with Crippen molar-refractivity contribution in [1.29, 1.82) is 0 Å². The zero-order chi connectivity index (χ0) is 15.5. The Morgan fingerprint density at radius 3 is 2.52 bits per heavy atom. The largest absolute Gasteiger partial charge is 0.477 e. The molecule has 7 nitrogen and oxygen atoms in total. The number of hydrogen-bond donors (Lipinski definition) is 1. The van der Waals surface area contributed by atoms with E-state index in [1.807, 2.05) is 0 Å². The highest BCUT2D eigenvalue weighted by Crippen LogP contribution is 2.13. The van der Waals surface area contributed by atoms with Crippen LogP contribution in [-0.4, -0.2) is 47.2 Å². The van der Waals surface area contributed by atoms with Crippen LogP contribution in [0.3, 0.4) is 0 Å². The van der Waals surface area contributed by atoms with Crippen molar-refractivity contribution in [2.45, 2.75) is 25.8 Å². The molecule has 0 atom stereocenters. The van der Waals surface area contributed by atoms with E-state index in [9.17, 15) is 18.0 Å². The molecular weight excluding hydrogens is 296 g/mol. The van der Waals surface area contributed by atoms with Gasteiger partial charge in [-0.15, -0.1) is 0 Å². The van der Waals surface area contributed by atoms with Crippen molar-refractivity contribution in [1.82, 2.24) is 8.87 Å². The topological polar surface area (TPSA) is 96.7 Å². The number of aryl methyl sites for hydroxylation is 1. The molecule has 1 saturated heterocycles. The summed E-state index contributed by atoms with van der Waals surface area (Å²) < 4.78 is 26.9. The van der Waals surface area contributed by atoms with Gasteiger partial charge in [-0.25, -0.2) is 17.5 Å². The molecule has 0 bridgehead atoms. The van der Waals surface area contributed by atoms with Crippen LogP contribution in [-0.2, 0) is 16.6 Å². The van der Waals surface area contributed by atoms with Crippen LogP contribution in [0.1, 0.15) is 29.6 Å². The van der Waals surface area contributed by atoms with Gasteiger partial charge in [-0.3, -0.25) is 4.79 Å². The van der Waals surface area contributed by atoms with Crippen molar-refractivity contribution < 1.29 is 18.3 Å². The third kappa shape index (κ3) is 3.70. The molecule has 0 amide bonds. The number of rotatable bonds is 5. The lowest BCUT2D eigenvalue weighted by Crippen LogP contribution is -2.39. The molecule has 1 aromatic heterocycles. The predicted octanol–water partition coefficient (Wildman–Crippen LogP) is 0.362. The third-order valence-corrected chi connectivity index (χ3v) is 5.40. The van der Waals surface area contributed by atoms with E-state index >= 15 is 0 Å². The highest BCUT2D eigenvalue weighted by Gasteiger charge is 2.23. The summed E-state index contributed by atoms with van der Waals surface area (Å²) in [5, 5.41) is 8.88. The number of aromatic nitrogens is 1. The number of carbonyl (C=O) groups is 1. The van der Waals surface area contributed by atoms with Crippen molar-refractivity contribution in [2.24, 2.45) is 0 Å². The maximum atomic E-state index is 12.2. The number of sulfonamides is 1. The average Bonchev–Trinajstić information content (AvgIpc) is 2.47. The van der Waals surface area contributed by atoms with Gasteiger partial charge < -0.3 is 9.67 Å². The van der Waals surface area contributed by atoms with Crippen LogP contribution in [0.15, 0.2) is 23.1 Å². The summed E-state index contributed by atoms with van der Waals surface area (Å²) in [6, 6.07) is 2.64. The van der Waals surface area contributed by atoms with Gasteiger partial charge in [0.1, 0.15) is 5.56 Å². The molecule has 21 heavy (non-hydrogen) atoms. The van der Waals surface area contributed by atoms with E-state index < -0.39 is 21.6 Å². The summed E-state index contributed by atoms with van der Waals surface area (Å²) in [5.41, 5.74) is -1.04. The van der Waals surface area contributed by atoms with E-state index in [0.29, 0.717) is 13.1 Å². The van der Waals surface area contributed by atoms with Gasteiger partial charge in [0, 0.05) is 25.8 Å².